The van der Waals surface area contributed by atoms with Gasteiger partial charge in [0.1, 0.15) is 6.04 Å². The molecule has 1 atom stereocenters. The smallest absolute Gasteiger partial charge is 0.322 e. The van der Waals surface area contributed by atoms with Gasteiger partial charge >= 0.3 is 5.97 Å². The van der Waals surface area contributed by atoms with E-state index < -0.39 is 0 Å². The van der Waals surface area contributed by atoms with Gasteiger partial charge in [0, 0.05) is 0 Å². The molecule has 0 aromatic carbocycles. The monoisotopic (exact) mass is 241 g/mol. The summed E-state index contributed by atoms with van der Waals surface area (Å²) in [6, 6.07) is -0.123. The summed E-state index contributed by atoms with van der Waals surface area (Å²) in [5.41, 5.74) is 0. The van der Waals surface area contributed by atoms with Crippen molar-refractivity contribution >= 4 is 5.97 Å². The Kier molecular flexibility index (Phi) is 6.56. The predicted octanol–water partition coefficient (Wildman–Crippen LogP) is 2.74. The zero-order valence-corrected chi connectivity index (χ0v) is 11.5. The zero-order valence-electron chi connectivity index (χ0n) is 11.5. The van der Waals surface area contributed by atoms with Gasteiger partial charge in [0.15, 0.2) is 0 Å². The lowest BCUT2D eigenvalue weighted by Crippen LogP contribution is -2.38. The van der Waals surface area contributed by atoms with E-state index in [1.165, 1.54) is 39.2 Å². The Morgan fingerprint density at radius 1 is 1.35 bits per heavy atom. The van der Waals surface area contributed by atoms with Crippen molar-refractivity contribution < 1.29 is 9.53 Å². The van der Waals surface area contributed by atoms with E-state index in [-0.39, 0.29) is 12.0 Å². The predicted molar refractivity (Wildman–Crippen MR) is 69.8 cm³/mol. The van der Waals surface area contributed by atoms with Gasteiger partial charge in [0.25, 0.3) is 0 Å². The van der Waals surface area contributed by atoms with Crippen molar-refractivity contribution in [2.24, 2.45) is 11.8 Å². The Balaban J connectivity index is 2.16. The lowest BCUT2D eigenvalue weighted by Gasteiger charge is -2.26. The first-order valence-corrected chi connectivity index (χ1v) is 6.98. The van der Waals surface area contributed by atoms with Crippen LogP contribution < -0.4 is 5.32 Å². The summed E-state index contributed by atoms with van der Waals surface area (Å²) in [6.07, 6.45) is 7.46. The molecule has 0 amide bonds. The molecule has 3 heteroatoms. The summed E-state index contributed by atoms with van der Waals surface area (Å²) >= 11 is 0. The molecule has 0 aromatic heterocycles. The van der Waals surface area contributed by atoms with Crippen molar-refractivity contribution in [2.45, 2.75) is 58.4 Å². The van der Waals surface area contributed by atoms with E-state index in [1.807, 2.05) is 6.92 Å². The van der Waals surface area contributed by atoms with Gasteiger partial charge in [-0.05, 0) is 31.2 Å². The highest BCUT2D eigenvalue weighted by Crippen LogP contribution is 2.29. The Morgan fingerprint density at radius 2 is 2.00 bits per heavy atom. The highest BCUT2D eigenvalue weighted by atomic mass is 16.5. The quantitative estimate of drug-likeness (QED) is 0.727. The van der Waals surface area contributed by atoms with Crippen LogP contribution in [0.3, 0.4) is 0 Å². The fourth-order valence-corrected chi connectivity index (χ4v) is 2.62. The van der Waals surface area contributed by atoms with Crippen LogP contribution in [-0.2, 0) is 9.53 Å². The van der Waals surface area contributed by atoms with Crippen LogP contribution in [0.2, 0.25) is 0 Å². The van der Waals surface area contributed by atoms with Crippen LogP contribution in [0.5, 0.6) is 0 Å². The molecular weight excluding hydrogens is 214 g/mol. The average molecular weight is 241 g/mol. The standard InChI is InChI=1S/C14H27NO2/c1-4-13(14(16)17-3)15-10-9-12-7-5-11(2)6-8-12/h11-13,15H,4-10H2,1-3H3. The Labute approximate surface area is 105 Å². The maximum absolute atomic E-state index is 11.4. The third kappa shape index (κ3) is 5.07. The fraction of sp³-hybridized carbons (Fsp3) is 0.929. The normalized spacial score (nSPS) is 26.5. The van der Waals surface area contributed by atoms with Crippen LogP contribution in [0.4, 0.5) is 0 Å². The van der Waals surface area contributed by atoms with Gasteiger partial charge in [-0.25, -0.2) is 0 Å². The second kappa shape index (κ2) is 7.70. The lowest BCUT2D eigenvalue weighted by atomic mass is 9.81. The summed E-state index contributed by atoms with van der Waals surface area (Å²) in [5.74, 6) is 1.64. The van der Waals surface area contributed by atoms with Crippen LogP contribution in [0.1, 0.15) is 52.4 Å². The van der Waals surface area contributed by atoms with Crippen molar-refractivity contribution in [2.75, 3.05) is 13.7 Å². The minimum Gasteiger partial charge on any atom is -0.468 e. The SMILES string of the molecule is CCC(NCCC1CCC(C)CC1)C(=O)OC. The molecule has 17 heavy (non-hydrogen) atoms. The van der Waals surface area contributed by atoms with Crippen molar-refractivity contribution in [3.63, 3.8) is 0 Å². The molecule has 1 N–H and O–H groups in total. The molecule has 1 aliphatic rings. The number of nitrogens with one attached hydrogen (secondary N) is 1. The maximum Gasteiger partial charge on any atom is 0.322 e. The minimum atomic E-state index is -0.134. The van der Waals surface area contributed by atoms with Gasteiger partial charge in [-0.2, -0.15) is 0 Å². The van der Waals surface area contributed by atoms with Crippen molar-refractivity contribution in [3.05, 3.63) is 0 Å². The van der Waals surface area contributed by atoms with Gasteiger partial charge < -0.3 is 10.1 Å². The molecule has 0 aromatic rings. The van der Waals surface area contributed by atoms with Crippen molar-refractivity contribution in [1.29, 1.82) is 0 Å². The summed E-state index contributed by atoms with van der Waals surface area (Å²) < 4.78 is 4.76. The summed E-state index contributed by atoms with van der Waals surface area (Å²) in [5, 5.41) is 3.30. The number of carbonyl (C=O) groups is 1. The van der Waals surface area contributed by atoms with E-state index in [0.717, 1.165) is 24.8 Å². The highest BCUT2D eigenvalue weighted by Gasteiger charge is 2.19. The van der Waals surface area contributed by atoms with Crippen molar-refractivity contribution in [1.82, 2.24) is 5.32 Å². The van der Waals surface area contributed by atoms with E-state index in [0.29, 0.717) is 0 Å². The zero-order chi connectivity index (χ0) is 12.7. The Hall–Kier alpha value is -0.570. The van der Waals surface area contributed by atoms with Crippen LogP contribution >= 0.6 is 0 Å². The number of carbonyl (C=O) groups excluding carboxylic acids is 1. The number of esters is 1. The number of hydrogen-bond acceptors (Lipinski definition) is 3. The Bertz CT molecular complexity index is 222. The van der Waals surface area contributed by atoms with Crippen LogP contribution in [-0.4, -0.2) is 25.7 Å². The summed E-state index contributed by atoms with van der Waals surface area (Å²) in [4.78, 5) is 11.4. The molecule has 0 heterocycles. The van der Waals surface area contributed by atoms with E-state index in [4.69, 9.17) is 4.74 Å². The molecule has 0 bridgehead atoms. The number of methoxy groups -OCH3 is 1. The molecule has 0 saturated heterocycles. The summed E-state index contributed by atoms with van der Waals surface area (Å²) in [7, 11) is 1.45. The maximum atomic E-state index is 11.4. The minimum absolute atomic E-state index is 0.123. The average Bonchev–Trinajstić information content (AvgIpc) is 2.36. The Morgan fingerprint density at radius 3 is 2.53 bits per heavy atom. The number of rotatable bonds is 6. The van der Waals surface area contributed by atoms with Crippen LogP contribution in [0.15, 0.2) is 0 Å². The largest absolute Gasteiger partial charge is 0.468 e. The first-order chi connectivity index (χ1) is 8.17. The van der Waals surface area contributed by atoms with Gasteiger partial charge in [-0.3, -0.25) is 4.79 Å². The number of hydrogen-bond donors (Lipinski definition) is 1. The van der Waals surface area contributed by atoms with E-state index in [2.05, 4.69) is 12.2 Å². The number of ether oxygens (including phenoxy) is 1. The first-order valence-electron chi connectivity index (χ1n) is 6.98. The molecule has 3 nitrogen and oxygen atoms in total. The van der Waals surface area contributed by atoms with E-state index in [1.54, 1.807) is 0 Å². The van der Waals surface area contributed by atoms with E-state index >= 15 is 0 Å². The molecule has 0 spiro atoms. The van der Waals surface area contributed by atoms with Crippen LogP contribution in [0.25, 0.3) is 0 Å². The highest BCUT2D eigenvalue weighted by molar-refractivity contribution is 5.75. The molecular formula is C14H27NO2. The van der Waals surface area contributed by atoms with Crippen molar-refractivity contribution in [3.8, 4) is 0 Å². The molecule has 1 saturated carbocycles. The van der Waals surface area contributed by atoms with Gasteiger partial charge in [-0.15, -0.1) is 0 Å². The molecule has 1 rings (SSSR count). The molecule has 1 unspecified atom stereocenters. The third-order valence-electron chi connectivity index (χ3n) is 3.97. The lowest BCUT2D eigenvalue weighted by molar-refractivity contribution is -0.143. The van der Waals surface area contributed by atoms with E-state index in [9.17, 15) is 4.79 Å². The third-order valence-corrected chi connectivity index (χ3v) is 3.97. The molecule has 0 aliphatic heterocycles. The van der Waals surface area contributed by atoms with Gasteiger partial charge in [0.2, 0.25) is 0 Å². The first kappa shape index (κ1) is 14.5. The summed E-state index contributed by atoms with van der Waals surface area (Å²) in [6.45, 7) is 5.29. The molecule has 0 radical (unpaired) electrons. The fourth-order valence-electron chi connectivity index (χ4n) is 2.62. The molecule has 1 fully saturated rings. The van der Waals surface area contributed by atoms with Gasteiger partial charge in [0.05, 0.1) is 7.11 Å². The topological polar surface area (TPSA) is 38.3 Å². The van der Waals surface area contributed by atoms with Gasteiger partial charge in [-0.1, -0.05) is 39.5 Å². The molecule has 1 aliphatic carbocycles. The van der Waals surface area contributed by atoms with Crippen LogP contribution in [0, 0.1) is 11.8 Å². The second-order valence-electron chi connectivity index (χ2n) is 5.35. The second-order valence-corrected chi connectivity index (χ2v) is 5.35. The molecule has 100 valence electrons.